The van der Waals surface area contributed by atoms with E-state index < -0.39 is 0 Å². The van der Waals surface area contributed by atoms with Gasteiger partial charge in [-0.25, -0.2) is 4.68 Å². The highest BCUT2D eigenvalue weighted by molar-refractivity contribution is 8.00. The lowest BCUT2D eigenvalue weighted by atomic mass is 10.1. The molecular formula is C17H19N5OS2. The highest BCUT2D eigenvalue weighted by atomic mass is 32.2. The van der Waals surface area contributed by atoms with Crippen LogP contribution in [0.25, 0.3) is 10.7 Å². The molecular weight excluding hydrogens is 354 g/mol. The minimum Gasteiger partial charge on any atom is -0.335 e. The Kier molecular flexibility index (Phi) is 5.10. The number of nitrogens with one attached hydrogen (secondary N) is 1. The predicted octanol–water partition coefficient (Wildman–Crippen LogP) is 3.46. The summed E-state index contributed by atoms with van der Waals surface area (Å²) in [7, 11) is 0. The Morgan fingerprint density at radius 2 is 1.96 bits per heavy atom. The summed E-state index contributed by atoms with van der Waals surface area (Å²) in [5, 5.41) is 13.3. The minimum atomic E-state index is -0.360. The molecule has 2 aromatic heterocycles. The molecule has 0 fully saturated rings. The van der Waals surface area contributed by atoms with Crippen molar-refractivity contribution in [2.45, 2.75) is 31.2 Å². The Bertz CT molecular complexity index is 868. The summed E-state index contributed by atoms with van der Waals surface area (Å²) in [5.74, 6) is 6.59. The minimum absolute atomic E-state index is 0.0944. The number of hydrogen-bond acceptors (Lipinski definition) is 6. The van der Waals surface area contributed by atoms with E-state index in [2.05, 4.69) is 15.5 Å². The molecule has 3 N–H and O–H groups in total. The largest absolute Gasteiger partial charge is 0.335 e. The van der Waals surface area contributed by atoms with Crippen LogP contribution in [0, 0.1) is 13.8 Å². The third kappa shape index (κ3) is 3.69. The van der Waals surface area contributed by atoms with Gasteiger partial charge < -0.3 is 11.2 Å². The fourth-order valence-corrected chi connectivity index (χ4v) is 3.85. The molecule has 1 amide bonds. The molecule has 1 unspecified atom stereocenters. The van der Waals surface area contributed by atoms with Crippen LogP contribution < -0.4 is 11.2 Å². The summed E-state index contributed by atoms with van der Waals surface area (Å²) in [4.78, 5) is 13.5. The van der Waals surface area contributed by atoms with E-state index in [9.17, 15) is 4.79 Å². The number of anilines is 1. The number of aromatic nitrogens is 3. The summed E-state index contributed by atoms with van der Waals surface area (Å²) in [5.41, 5.74) is 2.92. The Morgan fingerprint density at radius 3 is 2.60 bits per heavy atom. The maximum absolute atomic E-state index is 12.5. The molecule has 0 aliphatic carbocycles. The summed E-state index contributed by atoms with van der Waals surface area (Å²) in [6.07, 6.45) is 0. The number of carbonyl (C=O) groups excluding carboxylic acids is 1. The molecule has 130 valence electrons. The first-order valence-corrected chi connectivity index (χ1v) is 9.51. The van der Waals surface area contributed by atoms with E-state index in [1.807, 2.05) is 56.5 Å². The van der Waals surface area contributed by atoms with Gasteiger partial charge in [-0.2, -0.15) is 0 Å². The van der Waals surface area contributed by atoms with Gasteiger partial charge in [-0.15, -0.1) is 21.5 Å². The van der Waals surface area contributed by atoms with Gasteiger partial charge in [0.25, 0.3) is 0 Å². The van der Waals surface area contributed by atoms with Gasteiger partial charge in [0.1, 0.15) is 0 Å². The maximum atomic E-state index is 12.5. The predicted molar refractivity (Wildman–Crippen MR) is 103 cm³/mol. The molecule has 0 spiro atoms. The number of rotatable bonds is 5. The fourth-order valence-electron chi connectivity index (χ4n) is 2.38. The first kappa shape index (κ1) is 17.5. The van der Waals surface area contributed by atoms with Gasteiger partial charge in [0, 0.05) is 5.69 Å². The second-order valence-corrected chi connectivity index (χ2v) is 7.93. The molecule has 0 saturated heterocycles. The fraction of sp³-hybridized carbons (Fsp3) is 0.235. The van der Waals surface area contributed by atoms with Crippen LogP contribution >= 0.6 is 23.1 Å². The first-order valence-electron chi connectivity index (χ1n) is 7.75. The first-order chi connectivity index (χ1) is 12.0. The van der Waals surface area contributed by atoms with E-state index in [4.69, 9.17) is 5.84 Å². The van der Waals surface area contributed by atoms with Gasteiger partial charge in [-0.3, -0.25) is 4.79 Å². The maximum Gasteiger partial charge on any atom is 0.237 e. The second-order valence-electron chi connectivity index (χ2n) is 5.67. The molecule has 3 aromatic rings. The van der Waals surface area contributed by atoms with Crippen molar-refractivity contribution in [1.82, 2.24) is 14.9 Å². The lowest BCUT2D eigenvalue weighted by Crippen LogP contribution is -2.24. The van der Waals surface area contributed by atoms with E-state index in [0.717, 1.165) is 21.7 Å². The van der Waals surface area contributed by atoms with E-state index >= 15 is 0 Å². The van der Waals surface area contributed by atoms with Crippen LogP contribution in [-0.2, 0) is 4.79 Å². The van der Waals surface area contributed by atoms with Crippen molar-refractivity contribution in [2.24, 2.45) is 0 Å². The van der Waals surface area contributed by atoms with Crippen molar-refractivity contribution >= 4 is 34.7 Å². The highest BCUT2D eigenvalue weighted by Crippen LogP contribution is 2.28. The van der Waals surface area contributed by atoms with Crippen LogP contribution in [0.3, 0.4) is 0 Å². The summed E-state index contributed by atoms with van der Waals surface area (Å²) in [6.45, 7) is 5.78. The number of thioether (sulfide) groups is 1. The zero-order chi connectivity index (χ0) is 18.0. The van der Waals surface area contributed by atoms with Crippen molar-refractivity contribution in [2.75, 3.05) is 11.2 Å². The Hall–Kier alpha value is -2.32. The van der Waals surface area contributed by atoms with Crippen molar-refractivity contribution < 1.29 is 4.79 Å². The zero-order valence-corrected chi connectivity index (χ0v) is 15.8. The molecule has 25 heavy (non-hydrogen) atoms. The molecule has 0 aliphatic rings. The summed E-state index contributed by atoms with van der Waals surface area (Å²) < 4.78 is 1.43. The highest BCUT2D eigenvalue weighted by Gasteiger charge is 2.21. The van der Waals surface area contributed by atoms with Crippen LogP contribution in [-0.4, -0.2) is 26.0 Å². The number of benzene rings is 1. The Balaban J connectivity index is 1.72. The van der Waals surface area contributed by atoms with Crippen molar-refractivity contribution in [3.05, 3.63) is 46.8 Å². The number of carbonyl (C=O) groups is 1. The monoisotopic (exact) mass is 373 g/mol. The molecule has 0 aliphatic heterocycles. The number of hydrogen-bond donors (Lipinski definition) is 2. The zero-order valence-electron chi connectivity index (χ0n) is 14.2. The van der Waals surface area contributed by atoms with Crippen molar-refractivity contribution in [1.29, 1.82) is 0 Å². The topological polar surface area (TPSA) is 85.8 Å². The van der Waals surface area contributed by atoms with Gasteiger partial charge >= 0.3 is 0 Å². The number of amides is 1. The quantitative estimate of drug-likeness (QED) is 0.528. The molecule has 1 atom stereocenters. The van der Waals surface area contributed by atoms with Gasteiger partial charge in [0.15, 0.2) is 5.82 Å². The van der Waals surface area contributed by atoms with Crippen LogP contribution in [0.4, 0.5) is 5.69 Å². The molecule has 1 aromatic carbocycles. The number of nitrogen functional groups attached to an aromatic ring is 1. The molecule has 2 heterocycles. The van der Waals surface area contributed by atoms with Crippen molar-refractivity contribution in [3.63, 3.8) is 0 Å². The summed E-state index contributed by atoms with van der Waals surface area (Å²) in [6, 6.07) is 9.79. The Morgan fingerprint density at radius 1 is 1.24 bits per heavy atom. The average Bonchev–Trinajstić information content (AvgIpc) is 3.21. The average molecular weight is 374 g/mol. The summed E-state index contributed by atoms with van der Waals surface area (Å²) >= 11 is 2.83. The SMILES string of the molecule is Cc1cccc(C)c1NC(=O)C(C)Sc1nnc(-c2cccs2)n1N. The third-order valence-electron chi connectivity index (χ3n) is 3.79. The molecule has 0 bridgehead atoms. The van der Waals surface area contributed by atoms with Gasteiger partial charge in [0.05, 0.1) is 10.1 Å². The van der Waals surface area contributed by atoms with E-state index in [1.165, 1.54) is 16.4 Å². The normalized spacial score (nSPS) is 12.1. The number of aryl methyl sites for hydroxylation is 2. The van der Waals surface area contributed by atoms with E-state index in [-0.39, 0.29) is 11.2 Å². The molecule has 6 nitrogen and oxygen atoms in total. The van der Waals surface area contributed by atoms with Gasteiger partial charge in [-0.05, 0) is 43.3 Å². The van der Waals surface area contributed by atoms with E-state index in [1.54, 1.807) is 11.3 Å². The molecule has 0 radical (unpaired) electrons. The molecule has 8 heteroatoms. The lowest BCUT2D eigenvalue weighted by Gasteiger charge is -2.15. The number of thiophene rings is 1. The smallest absolute Gasteiger partial charge is 0.237 e. The van der Waals surface area contributed by atoms with Crippen LogP contribution in [0.2, 0.25) is 0 Å². The van der Waals surface area contributed by atoms with Crippen LogP contribution in [0.1, 0.15) is 18.1 Å². The number of nitrogens with two attached hydrogens (primary N) is 1. The molecule has 0 saturated carbocycles. The third-order valence-corrected chi connectivity index (χ3v) is 5.71. The second kappa shape index (κ2) is 7.28. The van der Waals surface area contributed by atoms with Gasteiger partial charge in [-0.1, -0.05) is 36.0 Å². The lowest BCUT2D eigenvalue weighted by molar-refractivity contribution is -0.115. The standard InChI is InChI=1S/C17H19N5OS2/c1-10-6-4-7-11(2)14(10)19-16(23)12(3)25-17-21-20-15(22(17)18)13-8-5-9-24-13/h4-9,12H,18H2,1-3H3,(H,19,23). The van der Waals surface area contributed by atoms with Crippen LogP contribution in [0.15, 0.2) is 40.9 Å². The van der Waals surface area contributed by atoms with E-state index in [0.29, 0.717) is 11.0 Å². The molecule has 3 rings (SSSR count). The number of nitrogens with zero attached hydrogens (tertiary/aromatic N) is 3. The number of para-hydroxylation sites is 1. The Labute approximate surface area is 154 Å². The van der Waals surface area contributed by atoms with Crippen LogP contribution in [0.5, 0.6) is 0 Å². The van der Waals surface area contributed by atoms with Gasteiger partial charge in [0.2, 0.25) is 11.1 Å². The van der Waals surface area contributed by atoms with Crippen molar-refractivity contribution in [3.8, 4) is 10.7 Å².